The van der Waals surface area contributed by atoms with Crippen molar-refractivity contribution in [2.45, 2.75) is 13.8 Å². The molecular formula is C20H21N3O3. The highest BCUT2D eigenvalue weighted by molar-refractivity contribution is 5.97. The highest BCUT2D eigenvalue weighted by atomic mass is 16.5. The van der Waals surface area contributed by atoms with E-state index in [0.717, 1.165) is 0 Å². The smallest absolute Gasteiger partial charge is 0.262 e. The first kappa shape index (κ1) is 19.0. The van der Waals surface area contributed by atoms with Crippen molar-refractivity contribution < 1.29 is 14.3 Å². The molecule has 0 saturated heterocycles. The molecule has 0 aliphatic rings. The number of nitrogens with one attached hydrogen (secondary N) is 1. The zero-order valence-electron chi connectivity index (χ0n) is 14.9. The third kappa shape index (κ3) is 5.08. The van der Waals surface area contributed by atoms with Crippen molar-refractivity contribution in [3.8, 4) is 11.8 Å². The molecule has 2 aromatic rings. The number of ether oxygens (including phenoxy) is 1. The number of benzene rings is 2. The van der Waals surface area contributed by atoms with Crippen LogP contribution in [0.3, 0.4) is 0 Å². The van der Waals surface area contributed by atoms with Gasteiger partial charge in [0.2, 0.25) is 0 Å². The Balaban J connectivity index is 1.95. The van der Waals surface area contributed by atoms with Crippen LogP contribution in [0.25, 0.3) is 0 Å². The van der Waals surface area contributed by atoms with Gasteiger partial charge in [-0.3, -0.25) is 9.59 Å². The van der Waals surface area contributed by atoms with Crippen molar-refractivity contribution in [2.75, 3.05) is 25.0 Å². The van der Waals surface area contributed by atoms with Gasteiger partial charge in [0.25, 0.3) is 11.8 Å². The monoisotopic (exact) mass is 351 g/mol. The first-order valence-corrected chi connectivity index (χ1v) is 8.39. The van der Waals surface area contributed by atoms with E-state index in [4.69, 9.17) is 10.00 Å². The van der Waals surface area contributed by atoms with E-state index in [1.54, 1.807) is 53.4 Å². The summed E-state index contributed by atoms with van der Waals surface area (Å²) in [7, 11) is 0. The number of nitriles is 1. The summed E-state index contributed by atoms with van der Waals surface area (Å²) in [6.07, 6.45) is 0. The standard InChI is InChI=1S/C20H21N3O3/c1-3-23(4-2)20(25)16-6-5-7-17(12-16)22-19(24)14-26-18-10-8-15(13-21)9-11-18/h5-12H,3-4,14H2,1-2H3,(H,22,24). The predicted octanol–water partition coefficient (Wildman–Crippen LogP) is 3.06. The molecule has 134 valence electrons. The van der Waals surface area contributed by atoms with Crippen LogP contribution in [-0.2, 0) is 4.79 Å². The predicted molar refractivity (Wildman–Crippen MR) is 99.0 cm³/mol. The van der Waals surface area contributed by atoms with Crippen LogP contribution in [0.15, 0.2) is 48.5 Å². The molecule has 0 aliphatic carbocycles. The maximum absolute atomic E-state index is 12.4. The van der Waals surface area contributed by atoms with E-state index in [1.165, 1.54) is 0 Å². The lowest BCUT2D eigenvalue weighted by atomic mass is 10.1. The number of amides is 2. The van der Waals surface area contributed by atoms with Crippen LogP contribution in [0.4, 0.5) is 5.69 Å². The molecule has 0 spiro atoms. The summed E-state index contributed by atoms with van der Waals surface area (Å²) in [4.78, 5) is 26.1. The third-order valence-electron chi connectivity index (χ3n) is 3.80. The van der Waals surface area contributed by atoms with Gasteiger partial charge >= 0.3 is 0 Å². The Labute approximate surface area is 153 Å². The summed E-state index contributed by atoms with van der Waals surface area (Å²) >= 11 is 0. The molecule has 2 amide bonds. The molecule has 1 N–H and O–H groups in total. The van der Waals surface area contributed by atoms with Crippen molar-refractivity contribution in [1.29, 1.82) is 5.26 Å². The molecule has 0 bridgehead atoms. The summed E-state index contributed by atoms with van der Waals surface area (Å²) < 4.78 is 5.39. The molecule has 6 heteroatoms. The molecule has 0 aromatic heterocycles. The van der Waals surface area contributed by atoms with E-state index in [9.17, 15) is 9.59 Å². The maximum Gasteiger partial charge on any atom is 0.262 e. The second kappa shape index (κ2) is 9.23. The van der Waals surface area contributed by atoms with Crippen LogP contribution in [0.5, 0.6) is 5.75 Å². The van der Waals surface area contributed by atoms with Crippen LogP contribution >= 0.6 is 0 Å². The van der Waals surface area contributed by atoms with E-state index in [0.29, 0.717) is 35.7 Å². The highest BCUT2D eigenvalue weighted by Crippen LogP contribution is 2.14. The average Bonchev–Trinajstić information content (AvgIpc) is 2.68. The minimum Gasteiger partial charge on any atom is -0.484 e. The van der Waals surface area contributed by atoms with Crippen molar-refractivity contribution >= 4 is 17.5 Å². The number of carbonyl (C=O) groups excluding carboxylic acids is 2. The fourth-order valence-corrected chi connectivity index (χ4v) is 2.40. The zero-order valence-corrected chi connectivity index (χ0v) is 14.9. The molecule has 0 saturated carbocycles. The molecular weight excluding hydrogens is 330 g/mol. The van der Waals surface area contributed by atoms with Crippen LogP contribution in [0.2, 0.25) is 0 Å². The second-order valence-electron chi connectivity index (χ2n) is 5.53. The fraction of sp³-hybridized carbons (Fsp3) is 0.250. The number of hydrogen-bond acceptors (Lipinski definition) is 4. The largest absolute Gasteiger partial charge is 0.484 e. The molecule has 26 heavy (non-hydrogen) atoms. The van der Waals surface area contributed by atoms with Gasteiger partial charge in [-0.2, -0.15) is 5.26 Å². The van der Waals surface area contributed by atoms with Crippen LogP contribution in [0, 0.1) is 11.3 Å². The number of anilines is 1. The molecule has 0 heterocycles. The fourth-order valence-electron chi connectivity index (χ4n) is 2.40. The third-order valence-corrected chi connectivity index (χ3v) is 3.80. The van der Waals surface area contributed by atoms with E-state index in [2.05, 4.69) is 5.32 Å². The van der Waals surface area contributed by atoms with Gasteiger partial charge in [-0.25, -0.2) is 0 Å². The Morgan fingerprint density at radius 3 is 2.42 bits per heavy atom. The Morgan fingerprint density at radius 1 is 1.12 bits per heavy atom. The molecule has 0 atom stereocenters. The van der Waals surface area contributed by atoms with Crippen LogP contribution < -0.4 is 10.1 Å². The minimum atomic E-state index is -0.332. The van der Waals surface area contributed by atoms with E-state index in [1.807, 2.05) is 19.9 Å². The number of nitrogens with zero attached hydrogens (tertiary/aromatic N) is 2. The zero-order chi connectivity index (χ0) is 18.9. The first-order chi connectivity index (χ1) is 12.6. The number of rotatable bonds is 7. The summed E-state index contributed by atoms with van der Waals surface area (Å²) in [6, 6.07) is 15.4. The quantitative estimate of drug-likeness (QED) is 0.831. The van der Waals surface area contributed by atoms with Gasteiger partial charge in [-0.1, -0.05) is 6.07 Å². The van der Waals surface area contributed by atoms with Gasteiger partial charge in [0, 0.05) is 24.3 Å². The lowest BCUT2D eigenvalue weighted by molar-refractivity contribution is -0.118. The van der Waals surface area contributed by atoms with Gasteiger partial charge in [0.15, 0.2) is 6.61 Å². The normalized spacial score (nSPS) is 9.88. The molecule has 0 radical (unpaired) electrons. The molecule has 2 rings (SSSR count). The average molecular weight is 351 g/mol. The summed E-state index contributed by atoms with van der Waals surface area (Å²) in [6.45, 7) is 4.94. The van der Waals surface area contributed by atoms with Gasteiger partial charge in [0.05, 0.1) is 11.6 Å². The Hall–Kier alpha value is -3.33. The van der Waals surface area contributed by atoms with Gasteiger partial charge < -0.3 is 15.0 Å². The van der Waals surface area contributed by atoms with Crippen LogP contribution in [-0.4, -0.2) is 36.4 Å². The topological polar surface area (TPSA) is 82.4 Å². The first-order valence-electron chi connectivity index (χ1n) is 8.39. The summed E-state index contributed by atoms with van der Waals surface area (Å²) in [5, 5.41) is 11.5. The van der Waals surface area contributed by atoms with Gasteiger partial charge in [0.1, 0.15) is 5.75 Å². The summed E-state index contributed by atoms with van der Waals surface area (Å²) in [5.41, 5.74) is 1.59. The van der Waals surface area contributed by atoms with Crippen molar-refractivity contribution in [3.05, 3.63) is 59.7 Å². The molecule has 0 unspecified atom stereocenters. The highest BCUT2D eigenvalue weighted by Gasteiger charge is 2.13. The molecule has 6 nitrogen and oxygen atoms in total. The van der Waals surface area contributed by atoms with Crippen molar-refractivity contribution in [2.24, 2.45) is 0 Å². The molecule has 2 aromatic carbocycles. The Kier molecular flexibility index (Phi) is 6.75. The van der Waals surface area contributed by atoms with Crippen molar-refractivity contribution in [3.63, 3.8) is 0 Å². The number of carbonyl (C=O) groups is 2. The van der Waals surface area contributed by atoms with Crippen molar-refractivity contribution in [1.82, 2.24) is 4.90 Å². The van der Waals surface area contributed by atoms with E-state index >= 15 is 0 Å². The summed E-state index contributed by atoms with van der Waals surface area (Å²) in [5.74, 6) is 0.103. The lowest BCUT2D eigenvalue weighted by Crippen LogP contribution is -2.30. The molecule has 0 aliphatic heterocycles. The Morgan fingerprint density at radius 2 is 1.81 bits per heavy atom. The van der Waals surface area contributed by atoms with Gasteiger partial charge in [-0.15, -0.1) is 0 Å². The van der Waals surface area contributed by atoms with E-state index in [-0.39, 0.29) is 18.4 Å². The maximum atomic E-state index is 12.4. The molecule has 0 fully saturated rings. The second-order valence-corrected chi connectivity index (χ2v) is 5.53. The van der Waals surface area contributed by atoms with Crippen LogP contribution in [0.1, 0.15) is 29.8 Å². The minimum absolute atomic E-state index is 0.0695. The lowest BCUT2D eigenvalue weighted by Gasteiger charge is -2.19. The SMILES string of the molecule is CCN(CC)C(=O)c1cccc(NC(=O)COc2ccc(C#N)cc2)c1. The number of hydrogen-bond donors (Lipinski definition) is 1. The Bertz CT molecular complexity index is 806. The van der Waals surface area contributed by atoms with Gasteiger partial charge in [-0.05, 0) is 56.3 Å². The van der Waals surface area contributed by atoms with E-state index < -0.39 is 0 Å².